The molecule has 0 aliphatic heterocycles. The second-order valence-electron chi connectivity index (χ2n) is 10.5. The Hall–Kier alpha value is -5.67. The molecule has 8 aromatic rings. The van der Waals surface area contributed by atoms with E-state index in [1.807, 2.05) is 60.7 Å². The van der Waals surface area contributed by atoms with Gasteiger partial charge in [-0.3, -0.25) is 0 Å². The molecule has 0 aliphatic carbocycles. The van der Waals surface area contributed by atoms with Gasteiger partial charge in [0.2, 0.25) is 0 Å². The topological polar surface area (TPSA) is 38.7 Å². The molecule has 1 heterocycles. The van der Waals surface area contributed by atoms with Crippen LogP contribution in [0.15, 0.2) is 152 Å². The standard InChI is InChI=1S/C39H25N3/c1-3-12-27(13-4-1)37-40-38(28-14-5-2-6-15-28)42-39(41-37)36-24-23-33(34-17-9-10-18-35(34)36)30-21-22-32-29(25-30)20-19-26-11-7-8-16-31(26)32/h1-25H. The highest BCUT2D eigenvalue weighted by atomic mass is 15.0. The highest BCUT2D eigenvalue weighted by molar-refractivity contribution is 6.10. The first-order chi connectivity index (χ1) is 20.8. The number of hydrogen-bond acceptors (Lipinski definition) is 3. The lowest BCUT2D eigenvalue weighted by Gasteiger charge is -2.14. The molecule has 0 bridgehead atoms. The lowest BCUT2D eigenvalue weighted by molar-refractivity contribution is 1.08. The van der Waals surface area contributed by atoms with Gasteiger partial charge in [-0.15, -0.1) is 0 Å². The van der Waals surface area contributed by atoms with E-state index in [9.17, 15) is 0 Å². The Morgan fingerprint density at radius 3 is 1.48 bits per heavy atom. The van der Waals surface area contributed by atoms with Gasteiger partial charge in [-0.1, -0.05) is 140 Å². The molecule has 0 saturated carbocycles. The summed E-state index contributed by atoms with van der Waals surface area (Å²) in [7, 11) is 0. The molecule has 3 nitrogen and oxygen atoms in total. The van der Waals surface area contributed by atoms with Crippen LogP contribution in [0, 0.1) is 0 Å². The van der Waals surface area contributed by atoms with Crippen molar-refractivity contribution in [3.63, 3.8) is 0 Å². The van der Waals surface area contributed by atoms with E-state index in [0.717, 1.165) is 27.5 Å². The molecule has 0 fully saturated rings. The number of hydrogen-bond donors (Lipinski definition) is 0. The number of benzene rings is 7. The Kier molecular flexibility index (Phi) is 5.79. The summed E-state index contributed by atoms with van der Waals surface area (Å²) in [4.78, 5) is 14.9. The van der Waals surface area contributed by atoms with Crippen LogP contribution in [0.1, 0.15) is 0 Å². The fraction of sp³-hybridized carbons (Fsp3) is 0. The molecule has 0 atom stereocenters. The van der Waals surface area contributed by atoms with Crippen LogP contribution < -0.4 is 0 Å². The molecular weight excluding hydrogens is 510 g/mol. The van der Waals surface area contributed by atoms with E-state index in [0.29, 0.717) is 17.5 Å². The van der Waals surface area contributed by atoms with Crippen LogP contribution in [-0.4, -0.2) is 15.0 Å². The van der Waals surface area contributed by atoms with Crippen LogP contribution in [0.4, 0.5) is 0 Å². The average Bonchev–Trinajstić information content (AvgIpc) is 3.08. The molecular formula is C39H25N3. The number of aromatic nitrogens is 3. The van der Waals surface area contributed by atoms with Crippen LogP contribution in [0.3, 0.4) is 0 Å². The molecule has 42 heavy (non-hydrogen) atoms. The largest absolute Gasteiger partial charge is 0.208 e. The molecule has 0 amide bonds. The maximum atomic E-state index is 5.00. The molecule has 7 aromatic carbocycles. The molecule has 0 radical (unpaired) electrons. The molecule has 8 rings (SSSR count). The molecule has 0 unspecified atom stereocenters. The van der Waals surface area contributed by atoms with Crippen LogP contribution in [0.5, 0.6) is 0 Å². The number of rotatable bonds is 4. The first-order valence-electron chi connectivity index (χ1n) is 14.1. The fourth-order valence-corrected chi connectivity index (χ4v) is 5.86. The van der Waals surface area contributed by atoms with E-state index in [1.165, 1.54) is 32.7 Å². The Morgan fingerprint density at radius 1 is 0.286 bits per heavy atom. The summed E-state index contributed by atoms with van der Waals surface area (Å²) in [6.07, 6.45) is 0. The third-order valence-electron chi connectivity index (χ3n) is 7.92. The van der Waals surface area contributed by atoms with Gasteiger partial charge in [-0.25, -0.2) is 15.0 Å². The van der Waals surface area contributed by atoms with Crippen LogP contribution in [0.25, 0.3) is 77.6 Å². The Balaban J connectivity index is 1.31. The van der Waals surface area contributed by atoms with Crippen molar-refractivity contribution in [2.24, 2.45) is 0 Å². The minimum atomic E-state index is 0.661. The van der Waals surface area contributed by atoms with Crippen molar-refractivity contribution < 1.29 is 0 Å². The van der Waals surface area contributed by atoms with Gasteiger partial charge < -0.3 is 0 Å². The molecule has 0 saturated heterocycles. The zero-order valence-corrected chi connectivity index (χ0v) is 22.8. The van der Waals surface area contributed by atoms with Gasteiger partial charge in [0.1, 0.15) is 0 Å². The summed E-state index contributed by atoms with van der Waals surface area (Å²) >= 11 is 0. The first-order valence-corrected chi connectivity index (χ1v) is 14.1. The van der Waals surface area contributed by atoms with Gasteiger partial charge in [-0.05, 0) is 55.6 Å². The van der Waals surface area contributed by atoms with Gasteiger partial charge in [-0.2, -0.15) is 0 Å². The van der Waals surface area contributed by atoms with Gasteiger partial charge in [0.25, 0.3) is 0 Å². The molecule has 1 aromatic heterocycles. The summed E-state index contributed by atoms with van der Waals surface area (Å²) in [5, 5.41) is 7.31. The van der Waals surface area contributed by atoms with Crippen molar-refractivity contribution in [1.82, 2.24) is 15.0 Å². The Bertz CT molecular complexity index is 2180. The quantitative estimate of drug-likeness (QED) is 0.211. The molecule has 3 heteroatoms. The van der Waals surface area contributed by atoms with Crippen molar-refractivity contribution in [3.05, 3.63) is 152 Å². The van der Waals surface area contributed by atoms with E-state index < -0.39 is 0 Å². The zero-order valence-electron chi connectivity index (χ0n) is 22.8. The smallest absolute Gasteiger partial charge is 0.164 e. The minimum Gasteiger partial charge on any atom is -0.208 e. The molecule has 196 valence electrons. The van der Waals surface area contributed by atoms with E-state index in [1.54, 1.807) is 0 Å². The highest BCUT2D eigenvalue weighted by Crippen LogP contribution is 2.37. The summed E-state index contributed by atoms with van der Waals surface area (Å²) in [5.41, 5.74) is 5.28. The number of nitrogens with zero attached hydrogens (tertiary/aromatic N) is 3. The second kappa shape index (κ2) is 10.1. The van der Waals surface area contributed by atoms with Crippen LogP contribution in [-0.2, 0) is 0 Å². The van der Waals surface area contributed by atoms with E-state index in [-0.39, 0.29) is 0 Å². The predicted molar refractivity (Wildman–Crippen MR) is 174 cm³/mol. The lowest BCUT2D eigenvalue weighted by atomic mass is 9.92. The Labute approximate surface area is 243 Å². The van der Waals surface area contributed by atoms with Crippen molar-refractivity contribution in [2.45, 2.75) is 0 Å². The fourth-order valence-electron chi connectivity index (χ4n) is 5.86. The molecule has 0 aliphatic rings. The van der Waals surface area contributed by atoms with Crippen LogP contribution >= 0.6 is 0 Å². The van der Waals surface area contributed by atoms with Gasteiger partial charge in [0.15, 0.2) is 17.5 Å². The van der Waals surface area contributed by atoms with E-state index >= 15 is 0 Å². The summed E-state index contributed by atoms with van der Waals surface area (Å²) in [6.45, 7) is 0. The zero-order chi connectivity index (χ0) is 27.9. The first kappa shape index (κ1) is 24.2. The van der Waals surface area contributed by atoms with Gasteiger partial charge in [0, 0.05) is 16.7 Å². The average molecular weight is 536 g/mol. The van der Waals surface area contributed by atoms with Crippen molar-refractivity contribution in [2.75, 3.05) is 0 Å². The van der Waals surface area contributed by atoms with Crippen molar-refractivity contribution in [1.29, 1.82) is 0 Å². The maximum Gasteiger partial charge on any atom is 0.164 e. The van der Waals surface area contributed by atoms with Gasteiger partial charge >= 0.3 is 0 Å². The monoisotopic (exact) mass is 535 g/mol. The highest BCUT2D eigenvalue weighted by Gasteiger charge is 2.16. The lowest BCUT2D eigenvalue weighted by Crippen LogP contribution is -2.00. The van der Waals surface area contributed by atoms with Crippen molar-refractivity contribution >= 4 is 32.3 Å². The van der Waals surface area contributed by atoms with E-state index in [2.05, 4.69) is 91.0 Å². The maximum absolute atomic E-state index is 5.00. The second-order valence-corrected chi connectivity index (χ2v) is 10.5. The Morgan fingerprint density at radius 2 is 0.786 bits per heavy atom. The summed E-state index contributed by atoms with van der Waals surface area (Å²) < 4.78 is 0. The third kappa shape index (κ3) is 4.20. The van der Waals surface area contributed by atoms with Gasteiger partial charge in [0.05, 0.1) is 0 Å². The normalized spacial score (nSPS) is 11.3. The third-order valence-corrected chi connectivity index (χ3v) is 7.92. The molecule has 0 spiro atoms. The van der Waals surface area contributed by atoms with E-state index in [4.69, 9.17) is 15.0 Å². The SMILES string of the molecule is c1ccc(-c2nc(-c3ccccc3)nc(-c3ccc(-c4ccc5c(ccc6ccccc65)c4)c4ccccc34)n2)cc1. The minimum absolute atomic E-state index is 0.661. The summed E-state index contributed by atoms with van der Waals surface area (Å²) in [6, 6.07) is 52.9. The predicted octanol–water partition coefficient (Wildman–Crippen LogP) is 10.00. The summed E-state index contributed by atoms with van der Waals surface area (Å²) in [5.74, 6) is 1.99. The van der Waals surface area contributed by atoms with Crippen molar-refractivity contribution in [3.8, 4) is 45.3 Å². The number of fused-ring (bicyclic) bond motifs is 4. The van der Waals surface area contributed by atoms with Crippen LogP contribution in [0.2, 0.25) is 0 Å². The molecule has 0 N–H and O–H groups in total.